The van der Waals surface area contributed by atoms with Gasteiger partial charge in [-0.3, -0.25) is 4.79 Å². The van der Waals surface area contributed by atoms with E-state index < -0.39 is 18.1 Å². The molecule has 2 saturated carbocycles. The molecular formula is C15H22N4O4. The Labute approximate surface area is 134 Å². The summed E-state index contributed by atoms with van der Waals surface area (Å²) in [5.74, 6) is -0.843. The van der Waals surface area contributed by atoms with Crippen LogP contribution < -0.4 is 20.9 Å². The van der Waals surface area contributed by atoms with Gasteiger partial charge in [0.1, 0.15) is 23.6 Å². The van der Waals surface area contributed by atoms with E-state index in [1.165, 1.54) is 0 Å². The number of aliphatic hydroxyl groups is 1. The number of carbonyl (C=O) groups excluding carboxylic acids is 1. The summed E-state index contributed by atoms with van der Waals surface area (Å²) < 4.78 is 11.4. The number of primary amides is 1. The minimum absolute atomic E-state index is 0.0102. The monoisotopic (exact) mass is 322 g/mol. The topological polar surface area (TPSA) is 134 Å². The quantitative estimate of drug-likeness (QED) is 0.729. The van der Waals surface area contributed by atoms with Crippen LogP contribution in [0.3, 0.4) is 0 Å². The Morgan fingerprint density at radius 1 is 1.09 bits per heavy atom. The Hall–Kier alpha value is -2.09. The lowest BCUT2D eigenvalue weighted by Crippen LogP contribution is -2.28. The van der Waals surface area contributed by atoms with Gasteiger partial charge in [-0.25, -0.2) is 0 Å². The van der Waals surface area contributed by atoms with Gasteiger partial charge in [0.25, 0.3) is 5.91 Å². The fourth-order valence-electron chi connectivity index (χ4n) is 3.15. The zero-order chi connectivity index (χ0) is 16.4. The number of nitrogens with two attached hydrogens (primary N) is 2. The Balaban J connectivity index is 1.86. The number of nitrogen functional groups attached to an aromatic ring is 1. The van der Waals surface area contributed by atoms with E-state index in [0.29, 0.717) is 12.8 Å². The van der Waals surface area contributed by atoms with Crippen LogP contribution in [-0.4, -0.2) is 39.3 Å². The fourth-order valence-corrected chi connectivity index (χ4v) is 3.15. The molecule has 2 fully saturated rings. The molecule has 1 amide bonds. The van der Waals surface area contributed by atoms with E-state index in [2.05, 4.69) is 9.97 Å². The lowest BCUT2D eigenvalue weighted by molar-refractivity contribution is 0.0553. The number of anilines is 1. The zero-order valence-electron chi connectivity index (χ0n) is 12.9. The molecule has 2 atom stereocenters. The SMILES string of the molecule is NC(=O)c1c(N)nc(OC2CCCC2)nc1O[C@@H]1CCC[C@@H]1O. The van der Waals surface area contributed by atoms with Crippen molar-refractivity contribution in [2.45, 2.75) is 63.3 Å². The van der Waals surface area contributed by atoms with Crippen LogP contribution in [0.1, 0.15) is 55.3 Å². The molecule has 0 aromatic carbocycles. The summed E-state index contributed by atoms with van der Waals surface area (Å²) in [6.07, 6.45) is 5.32. The number of aliphatic hydroxyl groups excluding tert-OH is 1. The number of rotatable bonds is 5. The lowest BCUT2D eigenvalue weighted by atomic mass is 10.2. The molecule has 0 spiro atoms. The van der Waals surface area contributed by atoms with Crippen LogP contribution in [0.5, 0.6) is 11.9 Å². The summed E-state index contributed by atoms with van der Waals surface area (Å²) in [5, 5.41) is 9.90. The maximum Gasteiger partial charge on any atom is 0.322 e. The molecular weight excluding hydrogens is 300 g/mol. The Kier molecular flexibility index (Phi) is 4.51. The standard InChI is InChI=1S/C15H22N4O4/c16-12-11(13(17)21)14(23-10-7-3-6-9(10)20)19-15(18-12)22-8-4-1-2-5-8/h8-10,20H,1-7H2,(H2,17,21)(H2,16,18,19)/t9-,10+/m0/s1. The summed E-state index contributed by atoms with van der Waals surface area (Å²) >= 11 is 0. The van der Waals surface area contributed by atoms with Gasteiger partial charge < -0.3 is 26.0 Å². The van der Waals surface area contributed by atoms with Crippen molar-refractivity contribution in [3.63, 3.8) is 0 Å². The molecule has 1 heterocycles. The third kappa shape index (κ3) is 3.47. The molecule has 23 heavy (non-hydrogen) atoms. The summed E-state index contributed by atoms with van der Waals surface area (Å²) in [4.78, 5) is 19.8. The van der Waals surface area contributed by atoms with Crippen LogP contribution in [0, 0.1) is 0 Å². The number of nitrogens with zero attached hydrogens (tertiary/aromatic N) is 2. The summed E-state index contributed by atoms with van der Waals surface area (Å²) in [5.41, 5.74) is 11.1. The lowest BCUT2D eigenvalue weighted by Gasteiger charge is -2.19. The van der Waals surface area contributed by atoms with E-state index in [1.54, 1.807) is 0 Å². The molecule has 0 bridgehead atoms. The van der Waals surface area contributed by atoms with E-state index in [4.69, 9.17) is 20.9 Å². The largest absolute Gasteiger partial charge is 0.471 e. The van der Waals surface area contributed by atoms with Gasteiger partial charge in [-0.15, -0.1) is 0 Å². The Morgan fingerprint density at radius 3 is 2.43 bits per heavy atom. The van der Waals surface area contributed by atoms with Gasteiger partial charge in [-0.1, -0.05) is 0 Å². The van der Waals surface area contributed by atoms with Crippen molar-refractivity contribution in [1.29, 1.82) is 0 Å². The number of amides is 1. The highest BCUT2D eigenvalue weighted by molar-refractivity contribution is 5.99. The van der Waals surface area contributed by atoms with Crippen LogP contribution in [-0.2, 0) is 0 Å². The Bertz CT molecular complexity index is 589. The van der Waals surface area contributed by atoms with Crippen LogP contribution in [0.15, 0.2) is 0 Å². The van der Waals surface area contributed by atoms with Crippen LogP contribution >= 0.6 is 0 Å². The molecule has 0 unspecified atom stereocenters. The first-order valence-electron chi connectivity index (χ1n) is 8.03. The highest BCUT2D eigenvalue weighted by Gasteiger charge is 2.30. The molecule has 0 aliphatic heterocycles. The highest BCUT2D eigenvalue weighted by Crippen LogP contribution is 2.30. The molecule has 3 rings (SSSR count). The Morgan fingerprint density at radius 2 is 1.83 bits per heavy atom. The molecule has 1 aromatic rings. The molecule has 0 saturated heterocycles. The predicted molar refractivity (Wildman–Crippen MR) is 82.1 cm³/mol. The number of ether oxygens (including phenoxy) is 2. The second-order valence-corrected chi connectivity index (χ2v) is 6.11. The number of hydrogen-bond acceptors (Lipinski definition) is 7. The van der Waals surface area contributed by atoms with Crippen LogP contribution in [0.2, 0.25) is 0 Å². The fraction of sp³-hybridized carbons (Fsp3) is 0.667. The van der Waals surface area contributed by atoms with Gasteiger partial charge in [0.2, 0.25) is 5.88 Å². The van der Waals surface area contributed by atoms with Crippen LogP contribution in [0.4, 0.5) is 5.82 Å². The number of hydrogen-bond donors (Lipinski definition) is 3. The molecule has 0 radical (unpaired) electrons. The van der Waals surface area contributed by atoms with Crippen molar-refractivity contribution in [2.75, 3.05) is 5.73 Å². The van der Waals surface area contributed by atoms with Gasteiger partial charge in [-0.2, -0.15) is 9.97 Å². The first kappa shape index (κ1) is 15.8. The maximum atomic E-state index is 11.6. The second-order valence-electron chi connectivity index (χ2n) is 6.11. The third-order valence-electron chi connectivity index (χ3n) is 4.38. The molecule has 5 N–H and O–H groups in total. The smallest absolute Gasteiger partial charge is 0.322 e. The van der Waals surface area contributed by atoms with Crippen molar-refractivity contribution in [1.82, 2.24) is 9.97 Å². The molecule has 8 heteroatoms. The van der Waals surface area contributed by atoms with Crippen molar-refractivity contribution < 1.29 is 19.4 Å². The van der Waals surface area contributed by atoms with E-state index in [0.717, 1.165) is 32.1 Å². The normalized spacial score (nSPS) is 24.7. The van der Waals surface area contributed by atoms with E-state index in [9.17, 15) is 9.90 Å². The van der Waals surface area contributed by atoms with Crippen LogP contribution in [0.25, 0.3) is 0 Å². The highest BCUT2D eigenvalue weighted by atomic mass is 16.5. The average molecular weight is 322 g/mol. The minimum Gasteiger partial charge on any atom is -0.471 e. The van der Waals surface area contributed by atoms with Crippen molar-refractivity contribution in [3.05, 3.63) is 5.56 Å². The second kappa shape index (κ2) is 6.57. The van der Waals surface area contributed by atoms with Gasteiger partial charge in [0, 0.05) is 0 Å². The molecule has 8 nitrogen and oxygen atoms in total. The van der Waals surface area contributed by atoms with Gasteiger partial charge >= 0.3 is 6.01 Å². The van der Waals surface area contributed by atoms with Crippen molar-refractivity contribution in [3.8, 4) is 11.9 Å². The van der Waals surface area contributed by atoms with Crippen molar-refractivity contribution >= 4 is 11.7 Å². The molecule has 126 valence electrons. The van der Waals surface area contributed by atoms with Gasteiger partial charge in [-0.05, 0) is 44.9 Å². The van der Waals surface area contributed by atoms with Crippen molar-refractivity contribution in [2.24, 2.45) is 5.73 Å². The molecule has 2 aliphatic rings. The zero-order valence-corrected chi connectivity index (χ0v) is 12.9. The molecule has 2 aliphatic carbocycles. The number of aromatic nitrogens is 2. The summed E-state index contributed by atoms with van der Waals surface area (Å²) in [7, 11) is 0. The minimum atomic E-state index is -0.766. The average Bonchev–Trinajstić information content (AvgIpc) is 3.11. The van der Waals surface area contributed by atoms with E-state index >= 15 is 0 Å². The summed E-state index contributed by atoms with van der Waals surface area (Å²) in [6.45, 7) is 0. The maximum absolute atomic E-state index is 11.6. The third-order valence-corrected chi connectivity index (χ3v) is 4.38. The first-order valence-corrected chi connectivity index (χ1v) is 8.03. The predicted octanol–water partition coefficient (Wildman–Crippen LogP) is 0.771. The first-order chi connectivity index (χ1) is 11.0. The molecule has 1 aromatic heterocycles. The van der Waals surface area contributed by atoms with Gasteiger partial charge in [0.05, 0.1) is 6.10 Å². The van der Waals surface area contributed by atoms with E-state index in [-0.39, 0.29) is 29.4 Å². The number of carbonyl (C=O) groups is 1. The summed E-state index contributed by atoms with van der Waals surface area (Å²) in [6, 6.07) is 0.0851. The van der Waals surface area contributed by atoms with E-state index in [1.807, 2.05) is 0 Å². The van der Waals surface area contributed by atoms with Gasteiger partial charge in [0.15, 0.2) is 0 Å².